The number of aryl methyl sites for hydroxylation is 2. The van der Waals surface area contributed by atoms with Crippen LogP contribution in [0.1, 0.15) is 24.8 Å². The minimum absolute atomic E-state index is 0.243. The quantitative estimate of drug-likeness (QED) is 0.545. The number of benzene rings is 1. The van der Waals surface area contributed by atoms with Gasteiger partial charge in [0, 0.05) is 25.6 Å². The molecule has 0 N–H and O–H groups in total. The van der Waals surface area contributed by atoms with Gasteiger partial charge in [-0.1, -0.05) is 17.3 Å². The molecule has 2 aromatic rings. The van der Waals surface area contributed by atoms with E-state index in [1.165, 1.54) is 7.11 Å². The van der Waals surface area contributed by atoms with Crippen molar-refractivity contribution in [2.75, 3.05) is 7.11 Å². The van der Waals surface area contributed by atoms with Gasteiger partial charge in [-0.2, -0.15) is 0 Å². The van der Waals surface area contributed by atoms with Crippen LogP contribution in [-0.2, 0) is 27.3 Å². The molecule has 23 heavy (non-hydrogen) atoms. The number of methoxy groups -OCH3 is 1. The van der Waals surface area contributed by atoms with Crippen LogP contribution in [-0.4, -0.2) is 34.0 Å². The highest BCUT2D eigenvalue weighted by Gasteiger charge is 2.06. The predicted molar refractivity (Wildman–Crippen MR) is 81.7 cm³/mol. The molecule has 0 bridgehead atoms. The maximum absolute atomic E-state index is 11.8. The third-order valence-electron chi connectivity index (χ3n) is 3.24. The van der Waals surface area contributed by atoms with E-state index < -0.39 is 0 Å². The van der Waals surface area contributed by atoms with Gasteiger partial charge in [0.1, 0.15) is 5.75 Å². The Labute approximate surface area is 134 Å². The van der Waals surface area contributed by atoms with Crippen LogP contribution in [0.2, 0.25) is 0 Å². The molecule has 1 heterocycles. The zero-order valence-electron chi connectivity index (χ0n) is 13.0. The number of hydrogen-bond acceptors (Lipinski definition) is 6. The Bertz CT molecular complexity index is 623. The smallest absolute Gasteiger partial charge is 0.311 e. The topological polar surface area (TPSA) is 83.3 Å². The summed E-state index contributed by atoms with van der Waals surface area (Å²) in [5.41, 5.74) is 0.987. The van der Waals surface area contributed by atoms with Gasteiger partial charge in [-0.25, -0.2) is 0 Å². The summed E-state index contributed by atoms with van der Waals surface area (Å²) in [7, 11) is 1.37. The molecule has 122 valence electrons. The van der Waals surface area contributed by atoms with Gasteiger partial charge in [-0.05, 0) is 30.5 Å². The van der Waals surface area contributed by atoms with Gasteiger partial charge in [0.25, 0.3) is 0 Å². The molecule has 0 spiro atoms. The maximum Gasteiger partial charge on any atom is 0.311 e. The van der Waals surface area contributed by atoms with Crippen molar-refractivity contribution < 1.29 is 19.1 Å². The van der Waals surface area contributed by atoms with Crippen molar-refractivity contribution in [3.05, 3.63) is 42.2 Å². The Morgan fingerprint density at radius 3 is 2.57 bits per heavy atom. The fourth-order valence-electron chi connectivity index (χ4n) is 1.99. The Morgan fingerprint density at radius 1 is 1.13 bits per heavy atom. The predicted octanol–water partition coefficient (Wildman–Crippen LogP) is 1.77. The molecule has 0 amide bonds. The average molecular weight is 317 g/mol. The highest BCUT2D eigenvalue weighted by Crippen LogP contribution is 2.14. The lowest BCUT2D eigenvalue weighted by molar-refractivity contribution is -0.140. The van der Waals surface area contributed by atoms with Crippen molar-refractivity contribution in [1.82, 2.24) is 15.0 Å². The number of rotatable bonds is 8. The molecule has 0 unspecified atom stereocenters. The van der Waals surface area contributed by atoms with Crippen molar-refractivity contribution in [2.45, 2.75) is 32.2 Å². The van der Waals surface area contributed by atoms with Gasteiger partial charge < -0.3 is 9.47 Å². The molecule has 7 heteroatoms. The summed E-state index contributed by atoms with van der Waals surface area (Å²) >= 11 is 0. The molecule has 1 aromatic heterocycles. The van der Waals surface area contributed by atoms with E-state index in [1.807, 2.05) is 12.1 Å². The molecule has 1 aromatic carbocycles. The summed E-state index contributed by atoms with van der Waals surface area (Å²) in [6.45, 7) is 0.627. The number of aromatic nitrogens is 3. The minimum Gasteiger partial charge on any atom is -0.469 e. The highest BCUT2D eigenvalue weighted by atomic mass is 16.5. The van der Waals surface area contributed by atoms with E-state index >= 15 is 0 Å². The van der Waals surface area contributed by atoms with Crippen molar-refractivity contribution in [1.29, 1.82) is 0 Å². The molecule has 2 rings (SSSR count). The van der Waals surface area contributed by atoms with Crippen LogP contribution >= 0.6 is 0 Å². The number of hydrogen-bond donors (Lipinski definition) is 0. The third-order valence-corrected chi connectivity index (χ3v) is 3.24. The van der Waals surface area contributed by atoms with Crippen molar-refractivity contribution in [3.63, 3.8) is 0 Å². The first kappa shape index (κ1) is 16.7. The van der Waals surface area contributed by atoms with Crippen LogP contribution in [0, 0.1) is 0 Å². The van der Waals surface area contributed by atoms with Crippen LogP contribution in [0.5, 0.6) is 5.75 Å². The Balaban J connectivity index is 1.72. The van der Waals surface area contributed by atoms with Gasteiger partial charge in [0.2, 0.25) is 0 Å². The van der Waals surface area contributed by atoms with Crippen LogP contribution in [0.3, 0.4) is 0 Å². The lowest BCUT2D eigenvalue weighted by Gasteiger charge is -2.06. The first-order chi connectivity index (χ1) is 11.2. The summed E-state index contributed by atoms with van der Waals surface area (Å²) in [5, 5.41) is 7.52. The zero-order chi connectivity index (χ0) is 16.5. The number of nitrogens with zero attached hydrogens (tertiary/aromatic N) is 3. The van der Waals surface area contributed by atoms with Crippen LogP contribution < -0.4 is 4.74 Å². The first-order valence-corrected chi connectivity index (χ1v) is 7.38. The monoisotopic (exact) mass is 317 g/mol. The van der Waals surface area contributed by atoms with Crippen molar-refractivity contribution in [2.24, 2.45) is 0 Å². The Morgan fingerprint density at radius 2 is 1.91 bits per heavy atom. The van der Waals surface area contributed by atoms with Crippen molar-refractivity contribution in [3.8, 4) is 5.75 Å². The number of carbonyl (C=O) groups is 2. The molecular weight excluding hydrogens is 298 g/mol. The zero-order valence-corrected chi connectivity index (χ0v) is 13.0. The largest absolute Gasteiger partial charge is 0.469 e. The van der Waals surface area contributed by atoms with Gasteiger partial charge in [-0.15, -0.1) is 5.10 Å². The molecule has 0 atom stereocenters. The highest BCUT2D eigenvalue weighted by molar-refractivity contribution is 5.72. The normalized spacial score (nSPS) is 10.3. The second-order valence-corrected chi connectivity index (χ2v) is 4.96. The lowest BCUT2D eigenvalue weighted by atomic mass is 10.1. The van der Waals surface area contributed by atoms with Gasteiger partial charge in [-0.3, -0.25) is 14.3 Å². The van der Waals surface area contributed by atoms with E-state index in [2.05, 4.69) is 15.0 Å². The van der Waals surface area contributed by atoms with Crippen LogP contribution in [0.15, 0.2) is 36.7 Å². The summed E-state index contributed by atoms with van der Waals surface area (Å²) in [6, 6.07) is 7.12. The standard InChI is InChI=1S/C16H19N3O4/c1-22-15(20)9-6-13-4-7-14(8-5-13)23-16(21)3-2-11-19-12-10-17-18-19/h4-5,7-8,10,12H,2-3,6,9,11H2,1H3. The Hall–Kier alpha value is -2.70. The van der Waals surface area contributed by atoms with E-state index in [0.717, 1.165) is 5.56 Å². The molecule has 0 aliphatic heterocycles. The summed E-state index contributed by atoms with van der Waals surface area (Å²) < 4.78 is 11.5. The average Bonchev–Trinajstić information content (AvgIpc) is 3.07. The fourth-order valence-corrected chi connectivity index (χ4v) is 1.99. The first-order valence-electron chi connectivity index (χ1n) is 7.38. The summed E-state index contributed by atoms with van der Waals surface area (Å²) in [6.07, 6.45) is 5.22. The van der Waals surface area contributed by atoms with Crippen LogP contribution in [0.4, 0.5) is 0 Å². The fraction of sp³-hybridized carbons (Fsp3) is 0.375. The van der Waals surface area contributed by atoms with E-state index in [1.54, 1.807) is 29.2 Å². The molecule has 0 aliphatic carbocycles. The Kier molecular flexibility index (Phi) is 6.28. The minimum atomic E-state index is -0.285. The van der Waals surface area contributed by atoms with E-state index in [-0.39, 0.29) is 11.9 Å². The van der Waals surface area contributed by atoms with E-state index in [0.29, 0.717) is 38.0 Å². The summed E-state index contributed by atoms with van der Waals surface area (Å²) in [4.78, 5) is 22.8. The lowest BCUT2D eigenvalue weighted by Crippen LogP contribution is -2.10. The molecule has 0 saturated carbocycles. The van der Waals surface area contributed by atoms with Gasteiger partial charge in [0.15, 0.2) is 0 Å². The van der Waals surface area contributed by atoms with Crippen LogP contribution in [0.25, 0.3) is 0 Å². The molecule has 0 fully saturated rings. The summed E-state index contributed by atoms with van der Waals surface area (Å²) in [5.74, 6) is -0.0297. The number of ether oxygens (including phenoxy) is 2. The second kappa shape index (κ2) is 8.67. The molecule has 7 nitrogen and oxygen atoms in total. The molecule has 0 saturated heterocycles. The molecule has 0 aliphatic rings. The third kappa shape index (κ3) is 5.90. The SMILES string of the molecule is COC(=O)CCc1ccc(OC(=O)CCCn2ccnn2)cc1. The molecular formula is C16H19N3O4. The van der Waals surface area contributed by atoms with Gasteiger partial charge in [0.05, 0.1) is 13.3 Å². The number of esters is 2. The molecule has 0 radical (unpaired) electrons. The maximum atomic E-state index is 11.8. The van der Waals surface area contributed by atoms with E-state index in [4.69, 9.17) is 4.74 Å². The van der Waals surface area contributed by atoms with Gasteiger partial charge >= 0.3 is 11.9 Å². The van der Waals surface area contributed by atoms with E-state index in [9.17, 15) is 9.59 Å². The second-order valence-electron chi connectivity index (χ2n) is 4.96. The number of carbonyl (C=O) groups excluding carboxylic acids is 2. The van der Waals surface area contributed by atoms with Crippen molar-refractivity contribution >= 4 is 11.9 Å².